The summed E-state index contributed by atoms with van der Waals surface area (Å²) in [6.45, 7) is 6.03. The first kappa shape index (κ1) is 17.7. The molecule has 0 radical (unpaired) electrons. The van der Waals surface area contributed by atoms with E-state index in [-0.39, 0.29) is 17.8 Å². The summed E-state index contributed by atoms with van der Waals surface area (Å²) in [4.78, 5) is 26.4. The first-order chi connectivity index (χ1) is 11.7. The Morgan fingerprint density at radius 1 is 1.28 bits per heavy atom. The number of carbonyl (C=O) groups is 2. The number of ether oxygens (including phenoxy) is 1. The minimum absolute atomic E-state index is 0.00171. The highest BCUT2D eigenvalue weighted by atomic mass is 19.1. The summed E-state index contributed by atoms with van der Waals surface area (Å²) in [6, 6.07) is 5.80. The number of nitrogens with zero attached hydrogens (tertiary/aromatic N) is 1. The van der Waals surface area contributed by atoms with Gasteiger partial charge in [-0.1, -0.05) is 12.1 Å². The Labute approximate surface area is 147 Å². The number of likely N-dealkylation sites (tertiary alicyclic amines) is 1. The molecule has 1 aromatic rings. The third-order valence-corrected chi connectivity index (χ3v) is 4.86. The van der Waals surface area contributed by atoms with Crippen LogP contribution >= 0.6 is 0 Å². The van der Waals surface area contributed by atoms with Crippen molar-refractivity contribution in [1.82, 2.24) is 10.2 Å². The molecule has 0 unspecified atom stereocenters. The predicted octanol–water partition coefficient (Wildman–Crippen LogP) is 3.55. The molecule has 6 heteroatoms. The molecule has 5 nitrogen and oxygen atoms in total. The summed E-state index contributed by atoms with van der Waals surface area (Å²) < 4.78 is 19.0. The van der Waals surface area contributed by atoms with Crippen LogP contribution in [0.1, 0.15) is 58.1 Å². The maximum absolute atomic E-state index is 13.4. The minimum Gasteiger partial charge on any atom is -0.444 e. The highest BCUT2D eigenvalue weighted by molar-refractivity contribution is 5.80. The van der Waals surface area contributed by atoms with Gasteiger partial charge in [0.05, 0.1) is 11.6 Å². The molecule has 1 aromatic carbocycles. The van der Waals surface area contributed by atoms with Crippen LogP contribution in [0.25, 0.3) is 0 Å². The van der Waals surface area contributed by atoms with Crippen LogP contribution in [-0.4, -0.2) is 34.6 Å². The van der Waals surface area contributed by atoms with Crippen LogP contribution < -0.4 is 5.32 Å². The van der Waals surface area contributed by atoms with Crippen molar-refractivity contribution in [3.63, 3.8) is 0 Å². The first-order valence-electron chi connectivity index (χ1n) is 8.76. The van der Waals surface area contributed by atoms with E-state index in [4.69, 9.17) is 4.74 Å². The van der Waals surface area contributed by atoms with Crippen LogP contribution in [0.5, 0.6) is 0 Å². The lowest BCUT2D eigenvalue weighted by Crippen LogP contribution is -2.58. The topological polar surface area (TPSA) is 58.6 Å². The molecule has 2 aliphatic heterocycles. The van der Waals surface area contributed by atoms with Crippen molar-refractivity contribution in [1.29, 1.82) is 0 Å². The van der Waals surface area contributed by atoms with E-state index in [2.05, 4.69) is 5.32 Å². The number of halogens is 1. The number of hydrogen-bond acceptors (Lipinski definition) is 3. The molecule has 2 heterocycles. The second-order valence-corrected chi connectivity index (χ2v) is 7.94. The van der Waals surface area contributed by atoms with Crippen LogP contribution in [0.3, 0.4) is 0 Å². The quantitative estimate of drug-likeness (QED) is 0.844. The van der Waals surface area contributed by atoms with Gasteiger partial charge in [-0.15, -0.1) is 0 Å². The van der Waals surface area contributed by atoms with E-state index >= 15 is 0 Å². The van der Waals surface area contributed by atoms with Gasteiger partial charge in [-0.25, -0.2) is 9.18 Å². The molecule has 1 spiro atoms. The van der Waals surface area contributed by atoms with Crippen molar-refractivity contribution in [3.05, 3.63) is 35.6 Å². The maximum Gasteiger partial charge on any atom is 0.410 e. The number of nitrogens with one attached hydrogen (secondary N) is 1. The summed E-state index contributed by atoms with van der Waals surface area (Å²) >= 11 is 0. The summed E-state index contributed by atoms with van der Waals surface area (Å²) in [6.07, 6.45) is 2.28. The fourth-order valence-electron chi connectivity index (χ4n) is 3.92. The molecule has 0 aliphatic carbocycles. The molecule has 0 saturated carbocycles. The third kappa shape index (κ3) is 3.62. The molecule has 0 bridgehead atoms. The van der Waals surface area contributed by atoms with Crippen molar-refractivity contribution in [2.75, 3.05) is 6.54 Å². The molecule has 3 rings (SSSR count). The summed E-state index contributed by atoms with van der Waals surface area (Å²) in [5.41, 5.74) is -0.299. The largest absolute Gasteiger partial charge is 0.444 e. The summed E-state index contributed by atoms with van der Waals surface area (Å²) in [5.74, 6) is -0.328. The smallest absolute Gasteiger partial charge is 0.410 e. The van der Waals surface area contributed by atoms with Gasteiger partial charge in [-0.05, 0) is 57.7 Å². The lowest BCUT2D eigenvalue weighted by molar-refractivity contribution is -0.120. The van der Waals surface area contributed by atoms with E-state index in [9.17, 15) is 14.0 Å². The van der Waals surface area contributed by atoms with Gasteiger partial charge in [0.2, 0.25) is 5.91 Å². The van der Waals surface area contributed by atoms with Crippen LogP contribution in [-0.2, 0) is 9.53 Å². The second kappa shape index (κ2) is 6.32. The Morgan fingerprint density at radius 2 is 1.96 bits per heavy atom. The SMILES string of the molecule is CC(C)(C)OC(=O)N1CCC[C@]2(CCC(=O)N2)[C@H]1c1ccc(F)cc1. The van der Waals surface area contributed by atoms with Gasteiger partial charge in [0.15, 0.2) is 0 Å². The van der Waals surface area contributed by atoms with Crippen LogP contribution in [0.15, 0.2) is 24.3 Å². The molecular formula is C19H25FN2O3. The average Bonchev–Trinajstić information content (AvgIpc) is 2.88. The molecule has 136 valence electrons. The standard InChI is InChI=1S/C19H25FN2O3/c1-18(2,3)25-17(24)22-12-4-10-19(11-9-15(23)21-19)16(22)13-5-7-14(20)8-6-13/h5-8,16H,4,9-12H2,1-3H3,(H,21,23)/t16-,19+/m1/s1. The van der Waals surface area contributed by atoms with Crippen LogP contribution in [0, 0.1) is 5.82 Å². The number of rotatable bonds is 1. The Bertz CT molecular complexity index is 668. The van der Waals surface area contributed by atoms with Crippen molar-refractivity contribution >= 4 is 12.0 Å². The maximum atomic E-state index is 13.4. The zero-order valence-electron chi connectivity index (χ0n) is 15.0. The molecular weight excluding hydrogens is 323 g/mol. The lowest BCUT2D eigenvalue weighted by atomic mass is 9.76. The number of carbonyl (C=O) groups excluding carboxylic acids is 2. The minimum atomic E-state index is -0.603. The molecule has 2 atom stereocenters. The molecule has 2 amide bonds. The van der Waals surface area contributed by atoms with Gasteiger partial charge in [-0.2, -0.15) is 0 Å². The molecule has 0 aromatic heterocycles. The summed E-state index contributed by atoms with van der Waals surface area (Å²) in [5, 5.41) is 3.10. The lowest BCUT2D eigenvalue weighted by Gasteiger charge is -2.48. The van der Waals surface area contributed by atoms with E-state index in [0.717, 1.165) is 18.4 Å². The normalized spacial score (nSPS) is 26.6. The Balaban J connectivity index is 1.99. The van der Waals surface area contributed by atoms with E-state index in [1.165, 1.54) is 12.1 Å². The third-order valence-electron chi connectivity index (χ3n) is 4.86. The van der Waals surface area contributed by atoms with Gasteiger partial charge < -0.3 is 10.1 Å². The fraction of sp³-hybridized carbons (Fsp3) is 0.579. The Hall–Kier alpha value is -2.11. The van der Waals surface area contributed by atoms with E-state index in [0.29, 0.717) is 19.4 Å². The zero-order chi connectivity index (χ0) is 18.2. The number of amides is 2. The van der Waals surface area contributed by atoms with Crippen molar-refractivity contribution in [2.45, 2.75) is 63.6 Å². The highest BCUT2D eigenvalue weighted by Crippen LogP contribution is 2.45. The van der Waals surface area contributed by atoms with Crippen molar-refractivity contribution in [2.24, 2.45) is 0 Å². The molecule has 2 fully saturated rings. The Kier molecular flexibility index (Phi) is 4.47. The Morgan fingerprint density at radius 3 is 2.52 bits per heavy atom. The average molecular weight is 348 g/mol. The van der Waals surface area contributed by atoms with E-state index in [1.807, 2.05) is 20.8 Å². The van der Waals surface area contributed by atoms with Gasteiger partial charge >= 0.3 is 6.09 Å². The second-order valence-electron chi connectivity index (χ2n) is 7.94. The predicted molar refractivity (Wildman–Crippen MR) is 91.4 cm³/mol. The molecule has 2 aliphatic rings. The monoisotopic (exact) mass is 348 g/mol. The highest BCUT2D eigenvalue weighted by Gasteiger charge is 2.51. The summed E-state index contributed by atoms with van der Waals surface area (Å²) in [7, 11) is 0. The van der Waals surface area contributed by atoms with Gasteiger partial charge in [0.25, 0.3) is 0 Å². The number of benzene rings is 1. The first-order valence-corrected chi connectivity index (χ1v) is 8.76. The number of piperidine rings is 1. The van der Waals surface area contributed by atoms with E-state index < -0.39 is 17.2 Å². The molecule has 25 heavy (non-hydrogen) atoms. The van der Waals surface area contributed by atoms with Crippen LogP contribution in [0.4, 0.5) is 9.18 Å². The van der Waals surface area contributed by atoms with Gasteiger partial charge in [0, 0.05) is 13.0 Å². The van der Waals surface area contributed by atoms with Gasteiger partial charge in [0.1, 0.15) is 11.4 Å². The van der Waals surface area contributed by atoms with Crippen LogP contribution in [0.2, 0.25) is 0 Å². The van der Waals surface area contributed by atoms with Crippen molar-refractivity contribution < 1.29 is 18.7 Å². The molecule has 1 N–H and O–H groups in total. The fourth-order valence-corrected chi connectivity index (χ4v) is 3.92. The molecule has 2 saturated heterocycles. The van der Waals surface area contributed by atoms with Crippen molar-refractivity contribution in [3.8, 4) is 0 Å². The number of hydrogen-bond donors (Lipinski definition) is 1. The van der Waals surface area contributed by atoms with E-state index in [1.54, 1.807) is 17.0 Å². The zero-order valence-corrected chi connectivity index (χ0v) is 15.0. The van der Waals surface area contributed by atoms with Gasteiger partial charge in [-0.3, -0.25) is 9.69 Å².